The summed E-state index contributed by atoms with van der Waals surface area (Å²) in [5.74, 6) is 0.851. The van der Waals surface area contributed by atoms with Gasteiger partial charge in [0.1, 0.15) is 17.3 Å². The van der Waals surface area contributed by atoms with E-state index in [-0.39, 0.29) is 23.7 Å². The van der Waals surface area contributed by atoms with Gasteiger partial charge in [0.2, 0.25) is 11.8 Å². The fourth-order valence-corrected chi connectivity index (χ4v) is 2.62. The van der Waals surface area contributed by atoms with Gasteiger partial charge in [-0.15, -0.1) is 0 Å². The maximum Gasteiger partial charge on any atom is 0.228 e. The smallest absolute Gasteiger partial charge is 0.228 e. The van der Waals surface area contributed by atoms with Crippen LogP contribution < -0.4 is 20.1 Å². The summed E-state index contributed by atoms with van der Waals surface area (Å²) in [6.07, 6.45) is 2.09. The van der Waals surface area contributed by atoms with E-state index in [1.54, 1.807) is 43.7 Å². The lowest BCUT2D eigenvalue weighted by molar-refractivity contribution is -0.125. The van der Waals surface area contributed by atoms with Crippen LogP contribution in [0.1, 0.15) is 12.2 Å². The van der Waals surface area contributed by atoms with Crippen molar-refractivity contribution in [1.29, 1.82) is 0 Å². The molecule has 1 aromatic carbocycles. The number of furan rings is 1. The highest BCUT2D eigenvalue weighted by Crippen LogP contribution is 2.40. The molecular formula is C18H20N2O5. The van der Waals surface area contributed by atoms with Gasteiger partial charge in [0.05, 0.1) is 44.6 Å². The summed E-state index contributed by atoms with van der Waals surface area (Å²) in [6, 6.07) is 8.68. The average molecular weight is 344 g/mol. The molecule has 0 aliphatic heterocycles. The van der Waals surface area contributed by atoms with Crippen molar-refractivity contribution < 1.29 is 23.5 Å². The van der Waals surface area contributed by atoms with E-state index in [4.69, 9.17) is 13.9 Å². The molecule has 7 heteroatoms. The van der Waals surface area contributed by atoms with Gasteiger partial charge >= 0.3 is 0 Å². The van der Waals surface area contributed by atoms with E-state index < -0.39 is 0 Å². The molecule has 1 aromatic heterocycles. The van der Waals surface area contributed by atoms with Crippen molar-refractivity contribution in [2.24, 2.45) is 11.8 Å². The molecule has 2 atom stereocenters. The van der Waals surface area contributed by atoms with E-state index in [1.807, 2.05) is 0 Å². The van der Waals surface area contributed by atoms with Crippen molar-refractivity contribution in [2.75, 3.05) is 19.5 Å². The number of carbonyl (C=O) groups is 2. The molecule has 0 saturated heterocycles. The number of benzene rings is 1. The van der Waals surface area contributed by atoms with Crippen LogP contribution in [0.5, 0.6) is 11.5 Å². The minimum absolute atomic E-state index is 0.141. The van der Waals surface area contributed by atoms with E-state index in [2.05, 4.69) is 10.6 Å². The largest absolute Gasteiger partial charge is 0.497 e. The first kappa shape index (κ1) is 16.9. The maximum atomic E-state index is 12.3. The van der Waals surface area contributed by atoms with Crippen LogP contribution in [0, 0.1) is 11.8 Å². The number of hydrogen-bond donors (Lipinski definition) is 2. The quantitative estimate of drug-likeness (QED) is 0.803. The van der Waals surface area contributed by atoms with Gasteiger partial charge in [-0.3, -0.25) is 9.59 Å². The third-order valence-corrected chi connectivity index (χ3v) is 4.15. The molecule has 3 rings (SSSR count). The highest BCUT2D eigenvalue weighted by molar-refractivity contribution is 6.00. The molecule has 25 heavy (non-hydrogen) atoms. The van der Waals surface area contributed by atoms with Gasteiger partial charge in [-0.2, -0.15) is 0 Å². The Hall–Kier alpha value is -2.96. The first-order valence-electron chi connectivity index (χ1n) is 7.95. The van der Waals surface area contributed by atoms with Gasteiger partial charge in [-0.1, -0.05) is 0 Å². The summed E-state index contributed by atoms with van der Waals surface area (Å²) in [6.45, 7) is 0.322. The number of hydrogen-bond acceptors (Lipinski definition) is 5. The van der Waals surface area contributed by atoms with Crippen molar-refractivity contribution in [1.82, 2.24) is 5.32 Å². The number of methoxy groups -OCH3 is 2. The van der Waals surface area contributed by atoms with E-state index in [1.165, 1.54) is 7.11 Å². The van der Waals surface area contributed by atoms with Gasteiger partial charge < -0.3 is 24.5 Å². The number of rotatable bonds is 7. The second-order valence-corrected chi connectivity index (χ2v) is 5.80. The lowest BCUT2D eigenvalue weighted by atomic mass is 10.2. The third-order valence-electron chi connectivity index (χ3n) is 4.15. The topological polar surface area (TPSA) is 89.8 Å². The normalized spacial score (nSPS) is 18.3. The molecule has 132 valence electrons. The SMILES string of the molecule is COc1ccc(NC(=O)C2CC2C(=O)NCc2ccco2)c(OC)c1. The second-order valence-electron chi connectivity index (χ2n) is 5.80. The Balaban J connectivity index is 1.54. The fraction of sp³-hybridized carbons (Fsp3) is 0.333. The lowest BCUT2D eigenvalue weighted by Gasteiger charge is -2.11. The first-order valence-corrected chi connectivity index (χ1v) is 7.95. The Kier molecular flexibility index (Phi) is 4.92. The van der Waals surface area contributed by atoms with Crippen molar-refractivity contribution >= 4 is 17.5 Å². The Morgan fingerprint density at radius 3 is 2.64 bits per heavy atom. The molecule has 1 aliphatic rings. The lowest BCUT2D eigenvalue weighted by Crippen LogP contribution is -2.27. The van der Waals surface area contributed by atoms with E-state index in [0.717, 1.165) is 0 Å². The number of amides is 2. The zero-order valence-electron chi connectivity index (χ0n) is 14.1. The zero-order valence-corrected chi connectivity index (χ0v) is 14.1. The summed E-state index contributed by atoms with van der Waals surface area (Å²) in [5, 5.41) is 5.59. The number of ether oxygens (including phenoxy) is 2. The molecule has 1 fully saturated rings. The molecule has 0 radical (unpaired) electrons. The van der Waals surface area contributed by atoms with Crippen LogP contribution in [0.25, 0.3) is 0 Å². The van der Waals surface area contributed by atoms with Gasteiger partial charge in [0, 0.05) is 6.07 Å². The molecule has 1 saturated carbocycles. The zero-order chi connectivity index (χ0) is 17.8. The summed E-state index contributed by atoms with van der Waals surface area (Å²) in [5.41, 5.74) is 0.551. The van der Waals surface area contributed by atoms with Crippen molar-refractivity contribution in [3.63, 3.8) is 0 Å². The second kappa shape index (κ2) is 7.29. The van der Waals surface area contributed by atoms with Gasteiger partial charge in [-0.05, 0) is 30.7 Å². The molecule has 1 aliphatic carbocycles. The molecular weight excluding hydrogens is 324 g/mol. The molecule has 7 nitrogen and oxygen atoms in total. The summed E-state index contributed by atoms with van der Waals surface area (Å²) in [7, 11) is 3.08. The molecule has 0 bridgehead atoms. The Morgan fingerprint density at radius 1 is 1.16 bits per heavy atom. The number of anilines is 1. The monoisotopic (exact) mass is 344 g/mol. The maximum absolute atomic E-state index is 12.3. The fourth-order valence-electron chi connectivity index (χ4n) is 2.62. The van der Waals surface area contributed by atoms with Crippen LogP contribution in [0.3, 0.4) is 0 Å². The standard InChI is InChI=1S/C18H20N2O5/c1-23-11-5-6-15(16(8-11)24-2)20-18(22)14-9-13(14)17(21)19-10-12-4-3-7-25-12/h3-8,13-14H,9-10H2,1-2H3,(H,19,21)(H,20,22). The van der Waals surface area contributed by atoms with Gasteiger partial charge in [0.15, 0.2) is 0 Å². The third kappa shape index (κ3) is 3.93. The summed E-state index contributed by atoms with van der Waals surface area (Å²) < 4.78 is 15.6. The van der Waals surface area contributed by atoms with Crippen LogP contribution in [-0.4, -0.2) is 26.0 Å². The Bertz CT molecular complexity index is 757. The van der Waals surface area contributed by atoms with Crippen LogP contribution in [-0.2, 0) is 16.1 Å². The van der Waals surface area contributed by atoms with E-state index in [9.17, 15) is 9.59 Å². The molecule has 2 N–H and O–H groups in total. The van der Waals surface area contributed by atoms with Crippen LogP contribution in [0.2, 0.25) is 0 Å². The minimum Gasteiger partial charge on any atom is -0.497 e. The molecule has 2 unspecified atom stereocenters. The van der Waals surface area contributed by atoms with Crippen LogP contribution in [0.15, 0.2) is 41.0 Å². The highest BCUT2D eigenvalue weighted by Gasteiger charge is 2.48. The van der Waals surface area contributed by atoms with E-state index in [0.29, 0.717) is 35.9 Å². The Morgan fingerprint density at radius 2 is 1.96 bits per heavy atom. The highest BCUT2D eigenvalue weighted by atomic mass is 16.5. The average Bonchev–Trinajstić information content (AvgIpc) is 3.27. The van der Waals surface area contributed by atoms with Crippen molar-refractivity contribution in [3.8, 4) is 11.5 Å². The number of carbonyl (C=O) groups excluding carboxylic acids is 2. The Labute approximate surface area is 145 Å². The van der Waals surface area contributed by atoms with Gasteiger partial charge in [0.25, 0.3) is 0 Å². The van der Waals surface area contributed by atoms with Gasteiger partial charge in [-0.25, -0.2) is 0 Å². The minimum atomic E-state index is -0.330. The summed E-state index contributed by atoms with van der Waals surface area (Å²) >= 11 is 0. The van der Waals surface area contributed by atoms with Crippen molar-refractivity contribution in [3.05, 3.63) is 42.4 Å². The molecule has 2 aromatic rings. The predicted octanol–water partition coefficient (Wildman–Crippen LogP) is 2.19. The first-order chi connectivity index (χ1) is 12.1. The van der Waals surface area contributed by atoms with Crippen molar-refractivity contribution in [2.45, 2.75) is 13.0 Å². The molecule has 1 heterocycles. The summed E-state index contributed by atoms with van der Waals surface area (Å²) in [4.78, 5) is 24.4. The van der Waals surface area contributed by atoms with Crippen LogP contribution in [0.4, 0.5) is 5.69 Å². The van der Waals surface area contributed by atoms with Crippen LogP contribution >= 0.6 is 0 Å². The van der Waals surface area contributed by atoms with E-state index >= 15 is 0 Å². The molecule has 2 amide bonds. The predicted molar refractivity (Wildman–Crippen MR) is 90.3 cm³/mol. The number of nitrogens with one attached hydrogen (secondary N) is 2. The molecule has 0 spiro atoms.